The molecule has 0 amide bonds. The first-order valence-electron chi connectivity index (χ1n) is 4.66. The van der Waals surface area contributed by atoms with Crippen molar-refractivity contribution in [1.29, 1.82) is 0 Å². The zero-order chi connectivity index (χ0) is 11.4. The Morgan fingerprint density at radius 2 is 2.50 bits per heavy atom. The Hall–Kier alpha value is -1.76. The molecule has 7 heteroatoms. The van der Waals surface area contributed by atoms with Gasteiger partial charge in [0.25, 0.3) is 0 Å². The lowest BCUT2D eigenvalue weighted by Crippen LogP contribution is -2.01. The molecule has 1 N–H and O–H groups in total. The van der Waals surface area contributed by atoms with Crippen molar-refractivity contribution in [3.8, 4) is 10.8 Å². The Morgan fingerprint density at radius 1 is 1.62 bits per heavy atom. The zero-order valence-electron chi connectivity index (χ0n) is 8.64. The predicted octanol–water partition coefficient (Wildman–Crippen LogP) is 1.03. The number of aryl methyl sites for hydroxylation is 1. The molecular weight excluding hydrogens is 228 g/mol. The van der Waals surface area contributed by atoms with Crippen LogP contribution >= 0.6 is 11.3 Å². The highest BCUT2D eigenvalue weighted by Crippen LogP contribution is 2.19. The number of carbonyl (C=O) groups is 1. The number of hydrogen-bond donors (Lipinski definition) is 1. The second-order valence-corrected chi connectivity index (χ2v) is 3.91. The highest BCUT2D eigenvalue weighted by Gasteiger charge is 2.08. The summed E-state index contributed by atoms with van der Waals surface area (Å²) in [5.41, 5.74) is 0.863. The van der Waals surface area contributed by atoms with Crippen LogP contribution in [0.4, 0.5) is 0 Å². The number of nitrogens with one attached hydrogen (secondary N) is 1. The van der Waals surface area contributed by atoms with E-state index >= 15 is 0 Å². The lowest BCUT2D eigenvalue weighted by Gasteiger charge is -1.95. The molecule has 84 valence electrons. The van der Waals surface area contributed by atoms with Crippen molar-refractivity contribution in [2.24, 2.45) is 0 Å². The smallest absolute Gasteiger partial charge is 0.305 e. The molecular formula is C9H10N4O2S. The topological polar surface area (TPSA) is 80.8 Å². The number of carbonyl (C=O) groups excluding carboxylic acids is 1. The van der Waals surface area contributed by atoms with Gasteiger partial charge in [-0.2, -0.15) is 5.10 Å². The molecule has 2 aromatic heterocycles. The summed E-state index contributed by atoms with van der Waals surface area (Å²) < 4.78 is 4.56. The summed E-state index contributed by atoms with van der Waals surface area (Å²) in [6.07, 6.45) is 2.36. The van der Waals surface area contributed by atoms with Gasteiger partial charge in [-0.05, 0) is 0 Å². The van der Waals surface area contributed by atoms with E-state index in [1.807, 2.05) is 5.38 Å². The Labute approximate surface area is 95.7 Å². The highest BCUT2D eigenvalue weighted by atomic mass is 32.1. The van der Waals surface area contributed by atoms with Crippen molar-refractivity contribution in [2.45, 2.75) is 12.8 Å². The number of rotatable bonds is 4. The molecule has 2 aromatic rings. The van der Waals surface area contributed by atoms with Crippen LogP contribution in [0.15, 0.2) is 11.7 Å². The first-order chi connectivity index (χ1) is 7.79. The number of nitrogens with zero attached hydrogens (tertiary/aromatic N) is 3. The van der Waals surface area contributed by atoms with Crippen LogP contribution in [0.5, 0.6) is 0 Å². The summed E-state index contributed by atoms with van der Waals surface area (Å²) >= 11 is 1.47. The Bertz CT molecular complexity index is 466. The first-order valence-corrected chi connectivity index (χ1v) is 5.54. The largest absolute Gasteiger partial charge is 0.469 e. The molecule has 0 saturated carbocycles. The SMILES string of the molecule is COC(=O)CCc1csc(-c2ncn[nH]2)n1. The summed E-state index contributed by atoms with van der Waals surface area (Å²) in [7, 11) is 1.38. The third-order valence-electron chi connectivity index (χ3n) is 1.98. The van der Waals surface area contributed by atoms with Crippen molar-refractivity contribution < 1.29 is 9.53 Å². The standard InChI is InChI=1S/C9H10N4O2S/c1-15-7(14)3-2-6-4-16-9(12-6)8-10-5-11-13-8/h4-5H,2-3H2,1H3,(H,10,11,13). The van der Waals surface area contributed by atoms with Gasteiger partial charge >= 0.3 is 5.97 Å². The van der Waals surface area contributed by atoms with Crippen LogP contribution < -0.4 is 0 Å². The van der Waals surface area contributed by atoms with Crippen molar-refractivity contribution in [1.82, 2.24) is 20.2 Å². The molecule has 6 nitrogen and oxygen atoms in total. The van der Waals surface area contributed by atoms with Crippen molar-refractivity contribution in [3.63, 3.8) is 0 Å². The molecule has 0 aliphatic heterocycles. The number of esters is 1. The molecule has 2 heterocycles. The third-order valence-corrected chi connectivity index (χ3v) is 2.88. The number of ether oxygens (including phenoxy) is 1. The number of aromatic nitrogens is 4. The maximum Gasteiger partial charge on any atom is 0.305 e. The molecule has 0 unspecified atom stereocenters. The fourth-order valence-electron chi connectivity index (χ4n) is 1.17. The van der Waals surface area contributed by atoms with E-state index in [4.69, 9.17) is 0 Å². The molecule has 0 saturated heterocycles. The number of hydrogen-bond acceptors (Lipinski definition) is 6. The molecule has 0 aliphatic rings. The van der Waals surface area contributed by atoms with E-state index in [1.54, 1.807) is 0 Å². The van der Waals surface area contributed by atoms with Crippen LogP contribution in [0.2, 0.25) is 0 Å². The van der Waals surface area contributed by atoms with E-state index in [2.05, 4.69) is 24.9 Å². The average Bonchev–Trinajstić information content (AvgIpc) is 2.95. The summed E-state index contributed by atoms with van der Waals surface area (Å²) in [6, 6.07) is 0. The van der Waals surface area contributed by atoms with E-state index in [9.17, 15) is 4.79 Å². The fourth-order valence-corrected chi connectivity index (χ4v) is 1.97. The van der Waals surface area contributed by atoms with Crippen molar-refractivity contribution >= 4 is 17.3 Å². The number of aromatic amines is 1. The molecule has 16 heavy (non-hydrogen) atoms. The van der Waals surface area contributed by atoms with Gasteiger partial charge in [-0.3, -0.25) is 9.89 Å². The second kappa shape index (κ2) is 4.84. The lowest BCUT2D eigenvalue weighted by atomic mass is 10.2. The molecule has 0 spiro atoms. The normalized spacial score (nSPS) is 10.3. The Morgan fingerprint density at radius 3 is 3.19 bits per heavy atom. The van der Waals surface area contributed by atoms with Gasteiger partial charge in [0.05, 0.1) is 19.2 Å². The van der Waals surface area contributed by atoms with Crippen LogP contribution in [-0.2, 0) is 16.0 Å². The van der Waals surface area contributed by atoms with E-state index in [0.29, 0.717) is 18.7 Å². The molecule has 2 rings (SSSR count). The van der Waals surface area contributed by atoms with Crippen LogP contribution in [0, 0.1) is 0 Å². The van der Waals surface area contributed by atoms with Crippen molar-refractivity contribution in [3.05, 3.63) is 17.4 Å². The van der Waals surface area contributed by atoms with E-state index in [0.717, 1.165) is 10.7 Å². The maximum atomic E-state index is 10.9. The minimum absolute atomic E-state index is 0.228. The maximum absolute atomic E-state index is 10.9. The number of methoxy groups -OCH3 is 1. The molecule has 0 atom stereocenters. The Balaban J connectivity index is 2.00. The first kappa shape index (κ1) is 10.7. The summed E-state index contributed by atoms with van der Waals surface area (Å²) in [5, 5.41) is 9.17. The van der Waals surface area contributed by atoms with Gasteiger partial charge in [-0.1, -0.05) is 0 Å². The van der Waals surface area contributed by atoms with Gasteiger partial charge < -0.3 is 4.74 Å². The van der Waals surface area contributed by atoms with Gasteiger partial charge in [0, 0.05) is 11.8 Å². The quantitative estimate of drug-likeness (QED) is 0.805. The van der Waals surface area contributed by atoms with Crippen molar-refractivity contribution in [2.75, 3.05) is 7.11 Å². The minimum Gasteiger partial charge on any atom is -0.469 e. The minimum atomic E-state index is -0.228. The van der Waals surface area contributed by atoms with Gasteiger partial charge in [-0.25, -0.2) is 9.97 Å². The second-order valence-electron chi connectivity index (χ2n) is 3.05. The van der Waals surface area contributed by atoms with Gasteiger partial charge in [0.2, 0.25) is 0 Å². The summed E-state index contributed by atoms with van der Waals surface area (Å²) in [6.45, 7) is 0. The molecule has 0 aliphatic carbocycles. The average molecular weight is 238 g/mol. The van der Waals surface area contributed by atoms with Crippen LogP contribution in [-0.4, -0.2) is 33.2 Å². The lowest BCUT2D eigenvalue weighted by molar-refractivity contribution is -0.140. The van der Waals surface area contributed by atoms with Crippen LogP contribution in [0.25, 0.3) is 10.8 Å². The monoisotopic (exact) mass is 238 g/mol. The third kappa shape index (κ3) is 2.43. The van der Waals surface area contributed by atoms with Gasteiger partial charge in [-0.15, -0.1) is 11.3 Å². The molecule has 0 radical (unpaired) electrons. The molecule has 0 bridgehead atoms. The highest BCUT2D eigenvalue weighted by molar-refractivity contribution is 7.13. The summed E-state index contributed by atoms with van der Waals surface area (Å²) in [5.74, 6) is 0.420. The number of H-pyrrole nitrogens is 1. The molecule has 0 fully saturated rings. The van der Waals surface area contributed by atoms with Crippen LogP contribution in [0.3, 0.4) is 0 Å². The van der Waals surface area contributed by atoms with E-state index in [1.165, 1.54) is 24.8 Å². The van der Waals surface area contributed by atoms with E-state index in [-0.39, 0.29) is 5.97 Å². The van der Waals surface area contributed by atoms with Gasteiger partial charge in [0.1, 0.15) is 6.33 Å². The zero-order valence-corrected chi connectivity index (χ0v) is 9.45. The van der Waals surface area contributed by atoms with Crippen LogP contribution in [0.1, 0.15) is 12.1 Å². The van der Waals surface area contributed by atoms with Gasteiger partial charge in [0.15, 0.2) is 10.8 Å². The van der Waals surface area contributed by atoms with E-state index < -0.39 is 0 Å². The molecule has 0 aromatic carbocycles. The summed E-state index contributed by atoms with van der Waals surface area (Å²) in [4.78, 5) is 19.3. The fraction of sp³-hybridized carbons (Fsp3) is 0.333. The Kier molecular flexibility index (Phi) is 3.25. The predicted molar refractivity (Wildman–Crippen MR) is 57.8 cm³/mol. The number of thiazole rings is 1.